The van der Waals surface area contributed by atoms with Gasteiger partial charge in [-0.25, -0.2) is 0 Å². The van der Waals surface area contributed by atoms with Crippen LogP contribution in [0.3, 0.4) is 0 Å². The lowest BCUT2D eigenvalue weighted by atomic mass is 10.2. The minimum atomic E-state index is 0.765. The van der Waals surface area contributed by atoms with Crippen LogP contribution in [0.5, 0.6) is 0 Å². The summed E-state index contributed by atoms with van der Waals surface area (Å²) in [7, 11) is 0. The summed E-state index contributed by atoms with van der Waals surface area (Å²) in [6.45, 7) is 0. The Bertz CT molecular complexity index is 295. The molecular weight excluding hydrogens is 303 g/mol. The maximum absolute atomic E-state index is 5.97. The van der Waals surface area contributed by atoms with E-state index in [4.69, 9.17) is 11.6 Å². The molecule has 0 heterocycles. The predicted octanol–water partition coefficient (Wildman–Crippen LogP) is 4.51. The van der Waals surface area contributed by atoms with Crippen molar-refractivity contribution in [1.82, 2.24) is 0 Å². The number of hydrogen-bond acceptors (Lipinski definition) is 0. The molecule has 0 nitrogen and oxygen atoms in total. The van der Waals surface area contributed by atoms with Gasteiger partial charge in [-0.1, -0.05) is 61.7 Å². The minimum absolute atomic E-state index is 0.765. The first kappa shape index (κ1) is 10.3. The summed E-state index contributed by atoms with van der Waals surface area (Å²) in [4.78, 5) is 0. The fourth-order valence-electron chi connectivity index (χ4n) is 0.808. The highest BCUT2D eigenvalue weighted by Crippen LogP contribution is 2.22. The zero-order chi connectivity index (χ0) is 8.97. The van der Waals surface area contributed by atoms with Gasteiger partial charge in [0.15, 0.2) is 0 Å². The topological polar surface area (TPSA) is 0 Å². The number of alkyl halides is 1. The first-order valence-electron chi connectivity index (χ1n) is 3.41. The Balaban J connectivity index is 2.94. The molecule has 0 unspecified atom stereocenters. The standard InChI is InChI=1S/C9H7Br2Cl/c10-5-1-2-7-3-4-8(11)6-9(7)12/h1-4,6H,5H2/b2-1+. The molecule has 0 aliphatic rings. The molecule has 0 radical (unpaired) electrons. The van der Waals surface area contributed by atoms with E-state index in [1.54, 1.807) is 0 Å². The van der Waals surface area contributed by atoms with Crippen molar-refractivity contribution >= 4 is 49.5 Å². The van der Waals surface area contributed by atoms with Crippen molar-refractivity contribution in [2.24, 2.45) is 0 Å². The Morgan fingerprint density at radius 2 is 2.17 bits per heavy atom. The first-order chi connectivity index (χ1) is 5.74. The molecule has 12 heavy (non-hydrogen) atoms. The second kappa shape index (κ2) is 5.05. The van der Waals surface area contributed by atoms with Gasteiger partial charge in [0.25, 0.3) is 0 Å². The van der Waals surface area contributed by atoms with Crippen molar-refractivity contribution in [2.75, 3.05) is 5.33 Å². The van der Waals surface area contributed by atoms with Crippen LogP contribution in [0.2, 0.25) is 5.02 Å². The molecule has 0 fully saturated rings. The van der Waals surface area contributed by atoms with Crippen molar-refractivity contribution in [3.05, 3.63) is 39.3 Å². The molecule has 0 saturated heterocycles. The molecule has 0 amide bonds. The lowest BCUT2D eigenvalue weighted by Crippen LogP contribution is -1.74. The van der Waals surface area contributed by atoms with Crippen LogP contribution in [0.25, 0.3) is 6.08 Å². The summed E-state index contributed by atoms with van der Waals surface area (Å²) in [6.07, 6.45) is 4.00. The van der Waals surface area contributed by atoms with Crippen LogP contribution in [0.4, 0.5) is 0 Å². The van der Waals surface area contributed by atoms with Crippen molar-refractivity contribution in [2.45, 2.75) is 0 Å². The van der Waals surface area contributed by atoms with Gasteiger partial charge in [0, 0.05) is 14.8 Å². The monoisotopic (exact) mass is 308 g/mol. The molecule has 3 heteroatoms. The Labute approximate surface area is 93.9 Å². The largest absolute Gasteiger partial charge is 0.0883 e. The fourth-order valence-corrected chi connectivity index (χ4v) is 1.73. The van der Waals surface area contributed by atoms with Crippen LogP contribution in [-0.2, 0) is 0 Å². The molecule has 0 aliphatic heterocycles. The SMILES string of the molecule is Clc1cc(Br)ccc1/C=C/CBr. The summed E-state index contributed by atoms with van der Waals surface area (Å²) < 4.78 is 1.00. The van der Waals surface area contributed by atoms with Gasteiger partial charge >= 0.3 is 0 Å². The molecule has 0 aromatic heterocycles. The Morgan fingerprint density at radius 1 is 1.42 bits per heavy atom. The third-order valence-electron chi connectivity index (χ3n) is 1.35. The van der Waals surface area contributed by atoms with Gasteiger partial charge in [-0.2, -0.15) is 0 Å². The van der Waals surface area contributed by atoms with Gasteiger partial charge in [0.1, 0.15) is 0 Å². The van der Waals surface area contributed by atoms with Gasteiger partial charge in [0.05, 0.1) is 0 Å². The van der Waals surface area contributed by atoms with E-state index in [0.29, 0.717) is 0 Å². The number of hydrogen-bond donors (Lipinski definition) is 0. The molecular formula is C9H7Br2Cl. The fraction of sp³-hybridized carbons (Fsp3) is 0.111. The van der Waals surface area contributed by atoms with Crippen LogP contribution >= 0.6 is 43.5 Å². The lowest BCUT2D eigenvalue weighted by Gasteiger charge is -1.97. The molecule has 0 aliphatic carbocycles. The maximum Gasteiger partial charge on any atom is 0.0489 e. The number of allylic oxidation sites excluding steroid dienone is 1. The van der Waals surface area contributed by atoms with Crippen LogP contribution in [0.1, 0.15) is 5.56 Å². The maximum atomic E-state index is 5.97. The van der Waals surface area contributed by atoms with Crippen molar-refractivity contribution < 1.29 is 0 Å². The molecule has 64 valence electrons. The molecule has 1 rings (SSSR count). The third kappa shape index (κ3) is 2.92. The van der Waals surface area contributed by atoms with E-state index >= 15 is 0 Å². The third-order valence-corrected chi connectivity index (χ3v) is 2.54. The Kier molecular flexibility index (Phi) is 4.33. The average molecular weight is 310 g/mol. The summed E-state index contributed by atoms with van der Waals surface area (Å²) in [6, 6.07) is 5.83. The lowest BCUT2D eigenvalue weighted by molar-refractivity contribution is 1.60. The second-order valence-corrected chi connectivity index (χ2v) is 4.19. The molecule has 0 spiro atoms. The molecule has 0 bridgehead atoms. The minimum Gasteiger partial charge on any atom is -0.0883 e. The predicted molar refractivity (Wildman–Crippen MR) is 62.0 cm³/mol. The van der Waals surface area contributed by atoms with E-state index in [0.717, 1.165) is 20.4 Å². The van der Waals surface area contributed by atoms with Crippen LogP contribution in [-0.4, -0.2) is 5.33 Å². The van der Waals surface area contributed by atoms with Crippen molar-refractivity contribution in [3.8, 4) is 0 Å². The van der Waals surface area contributed by atoms with E-state index < -0.39 is 0 Å². The van der Waals surface area contributed by atoms with E-state index in [1.807, 2.05) is 30.4 Å². The number of benzene rings is 1. The van der Waals surface area contributed by atoms with E-state index in [-0.39, 0.29) is 0 Å². The highest BCUT2D eigenvalue weighted by molar-refractivity contribution is 9.10. The van der Waals surface area contributed by atoms with Crippen molar-refractivity contribution in [3.63, 3.8) is 0 Å². The molecule has 0 atom stereocenters. The van der Waals surface area contributed by atoms with E-state index in [2.05, 4.69) is 31.9 Å². The van der Waals surface area contributed by atoms with Gasteiger partial charge < -0.3 is 0 Å². The van der Waals surface area contributed by atoms with Crippen LogP contribution in [0.15, 0.2) is 28.7 Å². The Hall–Kier alpha value is 0.210. The zero-order valence-corrected chi connectivity index (χ0v) is 10.2. The summed E-state index contributed by atoms with van der Waals surface area (Å²) in [5.74, 6) is 0. The van der Waals surface area contributed by atoms with E-state index in [1.165, 1.54) is 0 Å². The van der Waals surface area contributed by atoms with Crippen molar-refractivity contribution in [1.29, 1.82) is 0 Å². The molecule has 1 aromatic rings. The number of rotatable bonds is 2. The normalized spacial score (nSPS) is 10.9. The van der Waals surface area contributed by atoms with Gasteiger partial charge in [-0.05, 0) is 17.7 Å². The first-order valence-corrected chi connectivity index (χ1v) is 5.71. The number of halogens is 3. The van der Waals surface area contributed by atoms with Crippen LogP contribution in [0, 0.1) is 0 Å². The highest BCUT2D eigenvalue weighted by Gasteiger charge is 1.95. The van der Waals surface area contributed by atoms with Crippen LogP contribution < -0.4 is 0 Å². The summed E-state index contributed by atoms with van der Waals surface area (Å²) >= 11 is 12.6. The second-order valence-electron chi connectivity index (χ2n) is 2.22. The molecule has 0 saturated carbocycles. The van der Waals surface area contributed by atoms with Gasteiger partial charge in [-0.15, -0.1) is 0 Å². The smallest absolute Gasteiger partial charge is 0.0489 e. The summed E-state index contributed by atoms with van der Waals surface area (Å²) in [5, 5.41) is 1.61. The molecule has 1 aromatic carbocycles. The molecule has 0 N–H and O–H groups in total. The Morgan fingerprint density at radius 3 is 2.75 bits per heavy atom. The summed E-state index contributed by atoms with van der Waals surface area (Å²) in [5.41, 5.74) is 1.04. The van der Waals surface area contributed by atoms with E-state index in [9.17, 15) is 0 Å². The van der Waals surface area contributed by atoms with Gasteiger partial charge in [-0.3, -0.25) is 0 Å². The highest BCUT2D eigenvalue weighted by atomic mass is 79.9. The quantitative estimate of drug-likeness (QED) is 0.705. The average Bonchev–Trinajstić information content (AvgIpc) is 2.03. The zero-order valence-electron chi connectivity index (χ0n) is 6.23. The van der Waals surface area contributed by atoms with Gasteiger partial charge in [0.2, 0.25) is 0 Å².